The van der Waals surface area contributed by atoms with E-state index in [1.807, 2.05) is 19.9 Å². The standard InChI is InChI=1S/C24H23GeN3/c1-19-18-24(27-20(2)26-19)28-25(21-12-6-3-7-13-21,22-14-8-4-9-15-22)23-16-10-5-11-17-23/h3-18H,1-2H3,(H,26,27,28). The Bertz CT molecular complexity index is 934. The molecule has 28 heavy (non-hydrogen) atoms. The Kier molecular flexibility index (Phi) is 5.26. The van der Waals surface area contributed by atoms with Crippen LogP contribution in [0.3, 0.4) is 0 Å². The summed E-state index contributed by atoms with van der Waals surface area (Å²) in [5.74, 6) is 1.68. The molecule has 0 fully saturated rings. The quantitative estimate of drug-likeness (QED) is 0.499. The van der Waals surface area contributed by atoms with E-state index in [2.05, 4.69) is 100 Å². The second-order valence-corrected chi connectivity index (χ2v) is 14.2. The average Bonchev–Trinajstić information content (AvgIpc) is 2.73. The molecule has 0 bridgehead atoms. The predicted octanol–water partition coefficient (Wildman–Crippen LogP) is 3.17. The first-order chi connectivity index (χ1) is 13.7. The molecule has 0 atom stereocenters. The molecule has 138 valence electrons. The van der Waals surface area contributed by atoms with Crippen molar-refractivity contribution in [1.82, 2.24) is 9.97 Å². The van der Waals surface area contributed by atoms with Crippen molar-refractivity contribution in [1.29, 1.82) is 0 Å². The van der Waals surface area contributed by atoms with Gasteiger partial charge in [-0.05, 0) is 0 Å². The number of aromatic nitrogens is 2. The second-order valence-electron chi connectivity index (χ2n) is 6.91. The monoisotopic (exact) mass is 427 g/mol. The summed E-state index contributed by atoms with van der Waals surface area (Å²) in [5.41, 5.74) is 0.973. The van der Waals surface area contributed by atoms with E-state index in [1.54, 1.807) is 0 Å². The molecule has 0 aliphatic rings. The summed E-state index contributed by atoms with van der Waals surface area (Å²) in [6.45, 7) is 3.96. The summed E-state index contributed by atoms with van der Waals surface area (Å²) in [6.07, 6.45) is 0. The number of aryl methyl sites for hydroxylation is 2. The van der Waals surface area contributed by atoms with Crippen LogP contribution in [0, 0.1) is 13.8 Å². The zero-order valence-electron chi connectivity index (χ0n) is 16.1. The molecule has 4 rings (SSSR count). The molecule has 4 aromatic rings. The molecule has 0 radical (unpaired) electrons. The topological polar surface area (TPSA) is 37.8 Å². The molecule has 0 amide bonds. The second kappa shape index (κ2) is 7.99. The molecule has 0 spiro atoms. The van der Waals surface area contributed by atoms with Crippen molar-refractivity contribution in [2.45, 2.75) is 13.8 Å². The Balaban J connectivity index is 2.01. The third kappa shape index (κ3) is 3.58. The van der Waals surface area contributed by atoms with Gasteiger partial charge in [0.1, 0.15) is 0 Å². The van der Waals surface area contributed by atoms with Gasteiger partial charge >= 0.3 is 169 Å². The fourth-order valence-corrected chi connectivity index (χ4v) is 12.2. The van der Waals surface area contributed by atoms with Crippen molar-refractivity contribution in [3.63, 3.8) is 0 Å². The minimum atomic E-state index is -3.24. The van der Waals surface area contributed by atoms with Crippen molar-refractivity contribution in [2.75, 3.05) is 4.27 Å². The van der Waals surface area contributed by atoms with E-state index in [0.29, 0.717) is 0 Å². The summed E-state index contributed by atoms with van der Waals surface area (Å²) in [4.78, 5) is 9.17. The Morgan fingerprint density at radius 3 is 1.43 bits per heavy atom. The van der Waals surface area contributed by atoms with Gasteiger partial charge in [0.05, 0.1) is 0 Å². The summed E-state index contributed by atoms with van der Waals surface area (Å²) >= 11 is -3.24. The summed E-state index contributed by atoms with van der Waals surface area (Å²) in [7, 11) is 0. The molecule has 0 saturated carbocycles. The number of nitrogens with zero attached hydrogens (tertiary/aromatic N) is 2. The molecule has 4 heteroatoms. The zero-order valence-corrected chi connectivity index (χ0v) is 18.2. The van der Waals surface area contributed by atoms with Crippen molar-refractivity contribution in [2.24, 2.45) is 0 Å². The number of rotatable bonds is 5. The van der Waals surface area contributed by atoms with Gasteiger partial charge in [0.2, 0.25) is 0 Å². The third-order valence-electron chi connectivity index (χ3n) is 4.90. The molecule has 0 unspecified atom stereocenters. The van der Waals surface area contributed by atoms with Gasteiger partial charge in [-0.1, -0.05) is 0 Å². The first-order valence-corrected chi connectivity index (χ1v) is 13.6. The first kappa shape index (κ1) is 18.4. The van der Waals surface area contributed by atoms with Gasteiger partial charge in [0.25, 0.3) is 0 Å². The van der Waals surface area contributed by atoms with Crippen LogP contribution in [0.5, 0.6) is 0 Å². The SMILES string of the molecule is Cc1cc([NH][Ge]([c]2ccccc2)([c]2ccccc2)[c]2ccccc2)nc(C)n1. The molecule has 1 heterocycles. The number of hydrogen-bond donors (Lipinski definition) is 1. The van der Waals surface area contributed by atoms with Crippen LogP contribution in [-0.2, 0) is 0 Å². The van der Waals surface area contributed by atoms with Gasteiger partial charge in [0, 0.05) is 0 Å². The van der Waals surface area contributed by atoms with E-state index < -0.39 is 13.5 Å². The Hall–Kier alpha value is -2.92. The van der Waals surface area contributed by atoms with Crippen molar-refractivity contribution >= 4 is 32.5 Å². The molecule has 0 aliphatic carbocycles. The normalized spacial score (nSPS) is 11.2. The van der Waals surface area contributed by atoms with Crippen LogP contribution >= 0.6 is 0 Å². The Labute approximate surface area is 169 Å². The van der Waals surface area contributed by atoms with E-state index >= 15 is 0 Å². The number of benzene rings is 3. The first-order valence-electron chi connectivity index (χ1n) is 9.45. The van der Waals surface area contributed by atoms with Crippen LogP contribution < -0.4 is 17.5 Å². The summed E-state index contributed by atoms with van der Waals surface area (Å²) < 4.78 is 7.98. The van der Waals surface area contributed by atoms with E-state index in [1.165, 1.54) is 13.2 Å². The third-order valence-corrected chi connectivity index (χ3v) is 13.8. The summed E-state index contributed by atoms with van der Waals surface area (Å²) in [6, 6.07) is 34.5. The molecule has 3 aromatic carbocycles. The summed E-state index contributed by atoms with van der Waals surface area (Å²) in [5, 5.41) is 0. The molecular weight excluding hydrogens is 403 g/mol. The molecule has 0 saturated heterocycles. The Morgan fingerprint density at radius 2 is 1.04 bits per heavy atom. The van der Waals surface area contributed by atoms with Gasteiger partial charge in [-0.3, -0.25) is 0 Å². The van der Waals surface area contributed by atoms with Gasteiger partial charge in [-0.2, -0.15) is 0 Å². The number of hydrogen-bond acceptors (Lipinski definition) is 3. The van der Waals surface area contributed by atoms with Gasteiger partial charge < -0.3 is 0 Å². The van der Waals surface area contributed by atoms with E-state index in [-0.39, 0.29) is 0 Å². The van der Waals surface area contributed by atoms with E-state index in [9.17, 15) is 0 Å². The molecule has 1 aromatic heterocycles. The average molecular weight is 426 g/mol. The molecular formula is C24H23GeN3. The van der Waals surface area contributed by atoms with Gasteiger partial charge in [-0.15, -0.1) is 0 Å². The number of nitrogens with one attached hydrogen (secondary N) is 1. The van der Waals surface area contributed by atoms with Crippen LogP contribution in [0.2, 0.25) is 0 Å². The maximum atomic E-state index is 4.72. The van der Waals surface area contributed by atoms with E-state index in [0.717, 1.165) is 17.3 Å². The van der Waals surface area contributed by atoms with Crippen molar-refractivity contribution in [3.8, 4) is 0 Å². The minimum absolute atomic E-state index is 0.785. The number of anilines is 1. The maximum absolute atomic E-state index is 4.72. The van der Waals surface area contributed by atoms with Crippen molar-refractivity contribution < 1.29 is 0 Å². The fourth-order valence-electron chi connectivity index (χ4n) is 3.75. The van der Waals surface area contributed by atoms with Crippen molar-refractivity contribution in [3.05, 3.63) is 109 Å². The van der Waals surface area contributed by atoms with Crippen LogP contribution in [0.25, 0.3) is 0 Å². The zero-order chi connectivity index (χ0) is 19.4. The van der Waals surface area contributed by atoms with E-state index in [4.69, 9.17) is 4.98 Å². The van der Waals surface area contributed by atoms with Crippen LogP contribution in [-0.4, -0.2) is 23.5 Å². The molecule has 0 aliphatic heterocycles. The van der Waals surface area contributed by atoms with Crippen LogP contribution in [0.1, 0.15) is 11.5 Å². The predicted molar refractivity (Wildman–Crippen MR) is 119 cm³/mol. The molecule has 3 nitrogen and oxygen atoms in total. The molecule has 1 N–H and O–H groups in total. The van der Waals surface area contributed by atoms with Gasteiger partial charge in [-0.25, -0.2) is 0 Å². The van der Waals surface area contributed by atoms with Gasteiger partial charge in [0.15, 0.2) is 0 Å². The van der Waals surface area contributed by atoms with Crippen LogP contribution in [0.15, 0.2) is 97.1 Å². The fraction of sp³-hybridized carbons (Fsp3) is 0.0833. The Morgan fingerprint density at radius 1 is 0.607 bits per heavy atom. The van der Waals surface area contributed by atoms with Crippen LogP contribution in [0.4, 0.5) is 5.82 Å².